The Hall–Kier alpha value is -0.640. The summed E-state index contributed by atoms with van der Waals surface area (Å²) in [6.07, 6.45) is 1.69. The van der Waals surface area contributed by atoms with Gasteiger partial charge in [-0.2, -0.15) is 5.26 Å². The first-order valence-corrected chi connectivity index (χ1v) is 8.75. The van der Waals surface area contributed by atoms with E-state index in [9.17, 15) is 8.42 Å². The van der Waals surface area contributed by atoms with Crippen LogP contribution in [-0.4, -0.2) is 56.0 Å². The van der Waals surface area contributed by atoms with E-state index in [4.69, 9.17) is 5.26 Å². The van der Waals surface area contributed by atoms with Gasteiger partial charge in [-0.3, -0.25) is 10.2 Å². The van der Waals surface area contributed by atoms with Gasteiger partial charge < -0.3 is 0 Å². The van der Waals surface area contributed by atoms with E-state index in [1.54, 1.807) is 0 Å². The molecule has 0 aromatic heterocycles. The van der Waals surface area contributed by atoms with Gasteiger partial charge in [0.15, 0.2) is 9.84 Å². The summed E-state index contributed by atoms with van der Waals surface area (Å²) >= 11 is 0. The van der Waals surface area contributed by atoms with Crippen LogP contribution in [0.2, 0.25) is 0 Å². The molecule has 0 amide bonds. The van der Waals surface area contributed by atoms with Crippen molar-refractivity contribution in [3.63, 3.8) is 0 Å². The monoisotopic (exact) mass is 287 g/mol. The maximum Gasteiger partial charge on any atom is 0.153 e. The SMILES string of the molecule is CCNC(C)(C#N)CCCN1CCS(=O)(=O)CC1C. The fourth-order valence-corrected chi connectivity index (χ4v) is 4.20. The lowest BCUT2D eigenvalue weighted by Gasteiger charge is -2.33. The van der Waals surface area contributed by atoms with Gasteiger partial charge in [-0.25, -0.2) is 8.42 Å². The largest absolute Gasteiger partial charge is 0.300 e. The molecule has 0 spiro atoms. The van der Waals surface area contributed by atoms with E-state index in [0.29, 0.717) is 6.54 Å². The molecule has 1 aliphatic rings. The van der Waals surface area contributed by atoms with Gasteiger partial charge in [0.05, 0.1) is 17.6 Å². The van der Waals surface area contributed by atoms with Crippen molar-refractivity contribution in [2.24, 2.45) is 0 Å². The zero-order chi connectivity index (χ0) is 14.5. The van der Waals surface area contributed by atoms with Crippen molar-refractivity contribution >= 4 is 9.84 Å². The summed E-state index contributed by atoms with van der Waals surface area (Å²) in [6.45, 7) is 8.13. The molecular weight excluding hydrogens is 262 g/mol. The van der Waals surface area contributed by atoms with E-state index >= 15 is 0 Å². The maximum atomic E-state index is 11.5. The van der Waals surface area contributed by atoms with Gasteiger partial charge in [-0.15, -0.1) is 0 Å². The molecule has 0 radical (unpaired) electrons. The van der Waals surface area contributed by atoms with Gasteiger partial charge in [0, 0.05) is 12.6 Å². The van der Waals surface area contributed by atoms with Crippen LogP contribution in [0.5, 0.6) is 0 Å². The average Bonchev–Trinajstić information content (AvgIpc) is 2.32. The molecule has 110 valence electrons. The molecule has 1 heterocycles. The molecule has 2 atom stereocenters. The van der Waals surface area contributed by atoms with E-state index in [1.165, 1.54) is 0 Å². The van der Waals surface area contributed by atoms with Crippen LogP contribution in [0.1, 0.15) is 33.6 Å². The Morgan fingerprint density at radius 2 is 2.21 bits per heavy atom. The molecule has 2 unspecified atom stereocenters. The average molecular weight is 287 g/mol. The minimum absolute atomic E-state index is 0.0891. The highest BCUT2D eigenvalue weighted by Gasteiger charge is 2.28. The van der Waals surface area contributed by atoms with Crippen molar-refractivity contribution in [1.29, 1.82) is 5.26 Å². The normalized spacial score (nSPS) is 26.5. The second-order valence-electron chi connectivity index (χ2n) is 5.58. The van der Waals surface area contributed by atoms with Gasteiger partial charge in [0.1, 0.15) is 5.54 Å². The van der Waals surface area contributed by atoms with Crippen LogP contribution in [0.25, 0.3) is 0 Å². The number of nitriles is 1. The molecule has 1 N–H and O–H groups in total. The topological polar surface area (TPSA) is 73.2 Å². The molecule has 1 rings (SSSR count). The Labute approximate surface area is 116 Å². The summed E-state index contributed by atoms with van der Waals surface area (Å²) in [6, 6.07) is 2.40. The van der Waals surface area contributed by atoms with Crippen molar-refractivity contribution in [2.45, 2.75) is 45.2 Å². The van der Waals surface area contributed by atoms with Crippen molar-refractivity contribution < 1.29 is 8.42 Å². The number of hydrogen-bond donors (Lipinski definition) is 1. The summed E-state index contributed by atoms with van der Waals surface area (Å²) in [5, 5.41) is 12.4. The Kier molecular flexibility index (Phi) is 5.78. The molecule has 19 heavy (non-hydrogen) atoms. The molecule has 0 bridgehead atoms. The number of hydrogen-bond acceptors (Lipinski definition) is 5. The molecule has 5 nitrogen and oxygen atoms in total. The van der Waals surface area contributed by atoms with Crippen molar-refractivity contribution in [3.8, 4) is 6.07 Å². The number of nitrogens with one attached hydrogen (secondary N) is 1. The number of rotatable bonds is 6. The van der Waals surface area contributed by atoms with Crippen LogP contribution < -0.4 is 5.32 Å². The predicted octanol–water partition coefficient (Wildman–Crippen LogP) is 0.777. The highest BCUT2D eigenvalue weighted by Crippen LogP contribution is 2.15. The third-order valence-electron chi connectivity index (χ3n) is 3.74. The first-order valence-electron chi connectivity index (χ1n) is 6.92. The van der Waals surface area contributed by atoms with E-state index in [0.717, 1.165) is 25.9 Å². The lowest BCUT2D eigenvalue weighted by atomic mass is 9.97. The lowest BCUT2D eigenvalue weighted by Crippen LogP contribution is -2.48. The van der Waals surface area contributed by atoms with Gasteiger partial charge in [0.2, 0.25) is 0 Å². The van der Waals surface area contributed by atoms with E-state index < -0.39 is 15.4 Å². The molecule has 0 aromatic carbocycles. The summed E-state index contributed by atoms with van der Waals surface area (Å²) < 4.78 is 23.0. The molecule has 1 saturated heterocycles. The van der Waals surface area contributed by atoms with Crippen LogP contribution in [0.3, 0.4) is 0 Å². The molecule has 1 aliphatic heterocycles. The highest BCUT2D eigenvalue weighted by molar-refractivity contribution is 7.91. The van der Waals surface area contributed by atoms with Crippen LogP contribution in [0.4, 0.5) is 0 Å². The second kappa shape index (κ2) is 6.69. The third kappa shape index (κ3) is 5.09. The lowest BCUT2D eigenvalue weighted by molar-refractivity contribution is 0.216. The van der Waals surface area contributed by atoms with E-state index in [1.807, 2.05) is 20.8 Å². The second-order valence-corrected chi connectivity index (χ2v) is 7.81. The predicted molar refractivity (Wildman–Crippen MR) is 76.6 cm³/mol. The Morgan fingerprint density at radius 3 is 2.74 bits per heavy atom. The van der Waals surface area contributed by atoms with Gasteiger partial charge >= 0.3 is 0 Å². The Balaban J connectivity index is 2.40. The summed E-state index contributed by atoms with van der Waals surface area (Å²) in [7, 11) is -2.84. The quantitative estimate of drug-likeness (QED) is 0.781. The van der Waals surface area contributed by atoms with Gasteiger partial charge in [0.25, 0.3) is 0 Å². The maximum absolute atomic E-state index is 11.5. The minimum Gasteiger partial charge on any atom is -0.300 e. The number of sulfone groups is 1. The third-order valence-corrected chi connectivity index (χ3v) is 5.54. The minimum atomic E-state index is -2.84. The fourth-order valence-electron chi connectivity index (χ4n) is 2.57. The van der Waals surface area contributed by atoms with Crippen molar-refractivity contribution in [2.75, 3.05) is 31.1 Å². The van der Waals surface area contributed by atoms with Crippen LogP contribution in [-0.2, 0) is 9.84 Å². The van der Waals surface area contributed by atoms with Crippen LogP contribution >= 0.6 is 0 Å². The summed E-state index contributed by atoms with van der Waals surface area (Å²) in [4.78, 5) is 2.21. The smallest absolute Gasteiger partial charge is 0.153 e. The fraction of sp³-hybridized carbons (Fsp3) is 0.923. The highest BCUT2D eigenvalue weighted by atomic mass is 32.2. The van der Waals surface area contributed by atoms with E-state index in [-0.39, 0.29) is 17.5 Å². The number of nitrogens with zero attached hydrogens (tertiary/aromatic N) is 2. The molecule has 1 fully saturated rings. The zero-order valence-electron chi connectivity index (χ0n) is 12.1. The van der Waals surface area contributed by atoms with Crippen LogP contribution in [0.15, 0.2) is 0 Å². The Bertz CT molecular complexity index is 430. The molecule has 0 aliphatic carbocycles. The van der Waals surface area contributed by atoms with Crippen molar-refractivity contribution in [3.05, 3.63) is 0 Å². The first kappa shape index (κ1) is 16.4. The standard InChI is InChI=1S/C13H25N3O2S/c1-4-15-13(3,11-14)6-5-7-16-8-9-19(17,18)10-12(16)2/h12,15H,4-10H2,1-3H3. The Morgan fingerprint density at radius 1 is 1.53 bits per heavy atom. The molecule has 0 aromatic rings. The van der Waals surface area contributed by atoms with Gasteiger partial charge in [-0.05, 0) is 39.8 Å². The summed E-state index contributed by atoms with van der Waals surface area (Å²) in [5.74, 6) is 0.524. The molecule has 6 heteroatoms. The van der Waals surface area contributed by atoms with Gasteiger partial charge in [-0.1, -0.05) is 6.92 Å². The zero-order valence-corrected chi connectivity index (χ0v) is 13.0. The van der Waals surface area contributed by atoms with Crippen LogP contribution in [0, 0.1) is 11.3 Å². The molecular formula is C13H25N3O2S. The molecule has 0 saturated carbocycles. The van der Waals surface area contributed by atoms with Crippen molar-refractivity contribution in [1.82, 2.24) is 10.2 Å². The van der Waals surface area contributed by atoms with E-state index in [2.05, 4.69) is 16.3 Å². The summed E-state index contributed by atoms with van der Waals surface area (Å²) in [5.41, 5.74) is -0.472. The first-order chi connectivity index (χ1) is 8.82.